The molecule has 0 saturated heterocycles. The van der Waals surface area contributed by atoms with Gasteiger partial charge in [-0.1, -0.05) is 53.8 Å². The molecule has 0 unspecified atom stereocenters. The average Bonchev–Trinajstić information content (AvgIpc) is 3.09. The Morgan fingerprint density at radius 3 is 2.61 bits per heavy atom. The number of rotatable bonds is 6. The Hall–Kier alpha value is -3.45. The van der Waals surface area contributed by atoms with Crippen LogP contribution in [0.3, 0.4) is 0 Å². The minimum atomic E-state index is -0.374. The van der Waals surface area contributed by atoms with Crippen molar-refractivity contribution in [2.45, 2.75) is 19.9 Å². The first-order valence-electron chi connectivity index (χ1n) is 9.95. The summed E-state index contributed by atoms with van der Waals surface area (Å²) in [6, 6.07) is 19.5. The molecule has 4 aromatic rings. The summed E-state index contributed by atoms with van der Waals surface area (Å²) in [5.41, 5.74) is 1.70. The molecule has 0 spiro atoms. The van der Waals surface area contributed by atoms with Gasteiger partial charge in [-0.25, -0.2) is 0 Å². The van der Waals surface area contributed by atoms with Crippen molar-refractivity contribution < 1.29 is 19.1 Å². The highest BCUT2D eigenvalue weighted by Crippen LogP contribution is 2.23. The number of carbonyl (C=O) groups excluding carboxylic acids is 2. The number of benzene rings is 3. The lowest BCUT2D eigenvalue weighted by atomic mass is 10.1. The summed E-state index contributed by atoms with van der Waals surface area (Å²) in [4.78, 5) is 29.7. The number of thiazole rings is 1. The van der Waals surface area contributed by atoms with Crippen molar-refractivity contribution in [1.29, 1.82) is 0 Å². The number of nitrogens with zero attached hydrogens (tertiary/aromatic N) is 2. The van der Waals surface area contributed by atoms with Crippen molar-refractivity contribution in [2.75, 3.05) is 13.7 Å². The standard InChI is InChI=1S/C24H22N2O4S/c1-3-30-23(28)15-26-20-11-10-19(29-2)14-21(20)31-24(26)25-22(27)13-16-8-9-17-6-4-5-7-18(17)12-16/h4-12,14H,3,13,15H2,1-2H3. The highest BCUT2D eigenvalue weighted by molar-refractivity contribution is 7.16. The van der Waals surface area contributed by atoms with Crippen molar-refractivity contribution >= 4 is 44.2 Å². The van der Waals surface area contributed by atoms with Crippen LogP contribution in [0.1, 0.15) is 12.5 Å². The fraction of sp³-hybridized carbons (Fsp3) is 0.208. The molecular weight excluding hydrogens is 412 g/mol. The van der Waals surface area contributed by atoms with Crippen molar-refractivity contribution in [2.24, 2.45) is 4.99 Å². The van der Waals surface area contributed by atoms with Crippen LogP contribution in [0, 0.1) is 0 Å². The number of aromatic nitrogens is 1. The number of hydrogen-bond acceptors (Lipinski definition) is 5. The first kappa shape index (κ1) is 20.8. The van der Waals surface area contributed by atoms with Gasteiger partial charge in [0, 0.05) is 0 Å². The topological polar surface area (TPSA) is 69.9 Å². The van der Waals surface area contributed by atoms with E-state index in [1.165, 1.54) is 11.3 Å². The molecule has 1 amide bonds. The molecule has 0 saturated carbocycles. The number of ether oxygens (including phenoxy) is 2. The molecule has 4 rings (SSSR count). The molecule has 0 atom stereocenters. The normalized spacial score (nSPS) is 11.7. The number of fused-ring (bicyclic) bond motifs is 2. The maximum absolute atomic E-state index is 12.8. The monoisotopic (exact) mass is 434 g/mol. The fourth-order valence-corrected chi connectivity index (χ4v) is 4.50. The van der Waals surface area contributed by atoms with E-state index >= 15 is 0 Å². The van der Waals surface area contributed by atoms with Gasteiger partial charge >= 0.3 is 5.97 Å². The lowest BCUT2D eigenvalue weighted by molar-refractivity contribution is -0.143. The minimum absolute atomic E-state index is 0.0117. The SMILES string of the molecule is CCOC(=O)Cn1c(=NC(=O)Cc2ccc3ccccc3c2)sc2cc(OC)ccc21. The van der Waals surface area contributed by atoms with Crippen molar-refractivity contribution in [3.8, 4) is 5.75 Å². The third kappa shape index (κ3) is 4.67. The second-order valence-corrected chi connectivity index (χ2v) is 7.98. The lowest BCUT2D eigenvalue weighted by Crippen LogP contribution is -2.23. The van der Waals surface area contributed by atoms with Crippen LogP contribution in [0.4, 0.5) is 0 Å². The molecule has 0 aliphatic rings. The van der Waals surface area contributed by atoms with Gasteiger partial charge in [-0.15, -0.1) is 0 Å². The van der Waals surface area contributed by atoms with Gasteiger partial charge in [-0.3, -0.25) is 9.59 Å². The zero-order valence-electron chi connectivity index (χ0n) is 17.3. The summed E-state index contributed by atoms with van der Waals surface area (Å²) >= 11 is 1.34. The quantitative estimate of drug-likeness (QED) is 0.429. The first-order valence-corrected chi connectivity index (χ1v) is 10.8. The van der Waals surface area contributed by atoms with Crippen LogP contribution in [0.5, 0.6) is 5.75 Å². The summed E-state index contributed by atoms with van der Waals surface area (Å²) in [6.07, 6.45) is 0.182. The molecule has 1 heterocycles. The number of methoxy groups -OCH3 is 1. The summed E-state index contributed by atoms with van der Waals surface area (Å²) in [5, 5.41) is 2.21. The summed E-state index contributed by atoms with van der Waals surface area (Å²) < 4.78 is 13.0. The molecule has 1 aromatic heterocycles. The van der Waals surface area contributed by atoms with Gasteiger partial charge < -0.3 is 14.0 Å². The first-order chi connectivity index (χ1) is 15.1. The van der Waals surface area contributed by atoms with Crippen molar-refractivity contribution in [1.82, 2.24) is 4.57 Å². The summed E-state index contributed by atoms with van der Waals surface area (Å²) in [5.74, 6) is 0.0546. The van der Waals surface area contributed by atoms with Gasteiger partial charge in [0.25, 0.3) is 5.91 Å². The zero-order chi connectivity index (χ0) is 21.8. The Labute approximate surface area is 183 Å². The highest BCUT2D eigenvalue weighted by atomic mass is 32.1. The lowest BCUT2D eigenvalue weighted by Gasteiger charge is -2.06. The molecule has 7 heteroatoms. The van der Waals surface area contributed by atoms with E-state index in [-0.39, 0.29) is 24.8 Å². The molecule has 6 nitrogen and oxygen atoms in total. The predicted molar refractivity (Wildman–Crippen MR) is 121 cm³/mol. The maximum atomic E-state index is 12.8. The fourth-order valence-electron chi connectivity index (χ4n) is 3.42. The van der Waals surface area contributed by atoms with Crippen molar-refractivity contribution in [3.05, 3.63) is 71.0 Å². The predicted octanol–water partition coefficient (Wildman–Crippen LogP) is 4.10. The van der Waals surface area contributed by atoms with Crippen LogP contribution < -0.4 is 9.54 Å². The molecule has 0 radical (unpaired) electrons. The van der Waals surface area contributed by atoms with Crippen LogP contribution in [0.2, 0.25) is 0 Å². The maximum Gasteiger partial charge on any atom is 0.326 e. The van der Waals surface area contributed by atoms with Gasteiger partial charge in [-0.2, -0.15) is 4.99 Å². The Balaban J connectivity index is 1.69. The Morgan fingerprint density at radius 1 is 1.03 bits per heavy atom. The number of esters is 1. The van der Waals surface area contributed by atoms with Crippen LogP contribution >= 0.6 is 11.3 Å². The van der Waals surface area contributed by atoms with E-state index in [0.717, 1.165) is 26.6 Å². The van der Waals surface area contributed by atoms with Gasteiger partial charge in [0.2, 0.25) is 0 Å². The van der Waals surface area contributed by atoms with Crippen LogP contribution in [0.25, 0.3) is 21.0 Å². The molecule has 0 N–H and O–H groups in total. The van der Waals surface area contributed by atoms with Gasteiger partial charge in [0.1, 0.15) is 12.3 Å². The Kier molecular flexibility index (Phi) is 6.13. The Bertz CT molecular complexity index is 1340. The van der Waals surface area contributed by atoms with E-state index in [2.05, 4.69) is 4.99 Å². The molecular formula is C24H22N2O4S. The second-order valence-electron chi connectivity index (χ2n) is 6.97. The molecule has 3 aromatic carbocycles. The van der Waals surface area contributed by atoms with E-state index in [0.29, 0.717) is 17.2 Å². The number of hydrogen-bond donors (Lipinski definition) is 0. The third-order valence-electron chi connectivity index (χ3n) is 4.87. The van der Waals surface area contributed by atoms with Crippen LogP contribution in [-0.4, -0.2) is 30.2 Å². The largest absolute Gasteiger partial charge is 0.497 e. The van der Waals surface area contributed by atoms with E-state index in [4.69, 9.17) is 9.47 Å². The number of carbonyl (C=O) groups is 2. The van der Waals surface area contributed by atoms with Crippen molar-refractivity contribution in [3.63, 3.8) is 0 Å². The van der Waals surface area contributed by atoms with Gasteiger partial charge in [-0.05, 0) is 41.5 Å². The van der Waals surface area contributed by atoms with Gasteiger partial charge in [0.05, 0.1) is 30.4 Å². The molecule has 0 aliphatic carbocycles. The molecule has 0 bridgehead atoms. The molecule has 0 fully saturated rings. The highest BCUT2D eigenvalue weighted by Gasteiger charge is 2.13. The zero-order valence-corrected chi connectivity index (χ0v) is 18.1. The minimum Gasteiger partial charge on any atom is -0.497 e. The number of amides is 1. The third-order valence-corrected chi connectivity index (χ3v) is 5.91. The molecule has 31 heavy (non-hydrogen) atoms. The summed E-state index contributed by atoms with van der Waals surface area (Å²) in [7, 11) is 1.60. The molecule has 158 valence electrons. The summed E-state index contributed by atoms with van der Waals surface area (Å²) in [6.45, 7) is 2.04. The second kappa shape index (κ2) is 9.14. The average molecular weight is 435 g/mol. The van der Waals surface area contributed by atoms with E-state index in [9.17, 15) is 9.59 Å². The van der Waals surface area contributed by atoms with E-state index in [1.807, 2.05) is 60.7 Å². The van der Waals surface area contributed by atoms with E-state index in [1.54, 1.807) is 18.6 Å². The smallest absolute Gasteiger partial charge is 0.326 e. The van der Waals surface area contributed by atoms with Crippen LogP contribution in [-0.2, 0) is 27.3 Å². The van der Waals surface area contributed by atoms with E-state index < -0.39 is 0 Å². The Morgan fingerprint density at radius 2 is 1.84 bits per heavy atom. The van der Waals surface area contributed by atoms with Gasteiger partial charge in [0.15, 0.2) is 4.80 Å². The van der Waals surface area contributed by atoms with Crippen LogP contribution in [0.15, 0.2) is 65.7 Å². The molecule has 0 aliphatic heterocycles.